The SMILES string of the molecule is COc1ccc(-c2nnc(SCC(=O)Nc3ccc(C(=O)OC(C)C)cc3)o2)c(OC)c1. The first-order valence-electron chi connectivity index (χ1n) is 9.69. The van der Waals surface area contributed by atoms with Gasteiger partial charge in [-0.1, -0.05) is 11.8 Å². The van der Waals surface area contributed by atoms with Crippen molar-refractivity contribution >= 4 is 29.3 Å². The number of aromatic nitrogens is 2. The number of carbonyl (C=O) groups excluding carboxylic acids is 2. The normalized spacial score (nSPS) is 10.7. The predicted octanol–water partition coefficient (Wildman–Crippen LogP) is 4.05. The zero-order valence-electron chi connectivity index (χ0n) is 18.1. The minimum absolute atomic E-state index is 0.0680. The van der Waals surface area contributed by atoms with E-state index in [-0.39, 0.29) is 28.9 Å². The number of benzene rings is 2. The number of nitrogens with zero attached hydrogens (tertiary/aromatic N) is 2. The fraction of sp³-hybridized carbons (Fsp3) is 0.273. The molecule has 1 aromatic heterocycles. The predicted molar refractivity (Wildman–Crippen MR) is 119 cm³/mol. The summed E-state index contributed by atoms with van der Waals surface area (Å²) < 4.78 is 21.3. The molecule has 1 amide bonds. The number of thioether (sulfide) groups is 1. The Morgan fingerprint density at radius 2 is 1.81 bits per heavy atom. The average Bonchev–Trinajstić information content (AvgIpc) is 3.26. The van der Waals surface area contributed by atoms with E-state index >= 15 is 0 Å². The van der Waals surface area contributed by atoms with Gasteiger partial charge in [-0.15, -0.1) is 10.2 Å². The molecule has 0 aliphatic rings. The zero-order valence-corrected chi connectivity index (χ0v) is 18.9. The van der Waals surface area contributed by atoms with E-state index in [1.54, 1.807) is 63.4 Å². The largest absolute Gasteiger partial charge is 0.497 e. The molecule has 0 aliphatic carbocycles. The Morgan fingerprint density at radius 3 is 2.47 bits per heavy atom. The lowest BCUT2D eigenvalue weighted by Crippen LogP contribution is -2.14. The van der Waals surface area contributed by atoms with Gasteiger partial charge < -0.3 is 23.9 Å². The van der Waals surface area contributed by atoms with E-state index < -0.39 is 5.97 Å². The van der Waals surface area contributed by atoms with Crippen molar-refractivity contribution in [2.75, 3.05) is 25.3 Å². The van der Waals surface area contributed by atoms with Crippen molar-refractivity contribution in [1.29, 1.82) is 0 Å². The van der Waals surface area contributed by atoms with Crippen LogP contribution >= 0.6 is 11.8 Å². The molecule has 0 unspecified atom stereocenters. The molecule has 168 valence electrons. The first kappa shape index (κ1) is 23.1. The van der Waals surface area contributed by atoms with E-state index in [0.717, 1.165) is 11.8 Å². The standard InChI is InChI=1S/C22H23N3O6S/c1-13(2)30-21(27)14-5-7-15(8-6-14)23-19(26)12-32-22-25-24-20(31-22)17-10-9-16(28-3)11-18(17)29-4/h5-11,13H,12H2,1-4H3,(H,23,26). The molecule has 1 N–H and O–H groups in total. The summed E-state index contributed by atoms with van der Waals surface area (Å²) in [6.45, 7) is 3.56. The van der Waals surface area contributed by atoms with Gasteiger partial charge in [0.15, 0.2) is 0 Å². The molecule has 0 atom stereocenters. The molecular formula is C22H23N3O6S. The van der Waals surface area contributed by atoms with E-state index in [4.69, 9.17) is 18.6 Å². The van der Waals surface area contributed by atoms with Crippen molar-refractivity contribution in [3.8, 4) is 23.0 Å². The van der Waals surface area contributed by atoms with Crippen molar-refractivity contribution in [2.45, 2.75) is 25.2 Å². The minimum Gasteiger partial charge on any atom is -0.497 e. The minimum atomic E-state index is -0.408. The maximum Gasteiger partial charge on any atom is 0.338 e. The van der Waals surface area contributed by atoms with Crippen LogP contribution in [0.4, 0.5) is 5.69 Å². The third kappa shape index (κ3) is 6.01. The summed E-state index contributed by atoms with van der Waals surface area (Å²) in [5.74, 6) is 0.849. The van der Waals surface area contributed by atoms with E-state index in [9.17, 15) is 9.59 Å². The quantitative estimate of drug-likeness (QED) is 0.375. The van der Waals surface area contributed by atoms with Gasteiger partial charge in [-0.05, 0) is 50.2 Å². The van der Waals surface area contributed by atoms with Gasteiger partial charge in [0.1, 0.15) is 11.5 Å². The number of nitrogens with one attached hydrogen (secondary N) is 1. The van der Waals surface area contributed by atoms with Crippen LogP contribution in [-0.2, 0) is 9.53 Å². The van der Waals surface area contributed by atoms with Crippen molar-refractivity contribution in [3.05, 3.63) is 48.0 Å². The number of ether oxygens (including phenoxy) is 3. The Balaban J connectivity index is 1.56. The summed E-state index contributed by atoms with van der Waals surface area (Å²) in [5, 5.41) is 11.0. The smallest absolute Gasteiger partial charge is 0.338 e. The van der Waals surface area contributed by atoms with Crippen molar-refractivity contribution in [1.82, 2.24) is 10.2 Å². The maximum atomic E-state index is 12.3. The molecule has 0 spiro atoms. The van der Waals surface area contributed by atoms with Crippen LogP contribution in [0.3, 0.4) is 0 Å². The fourth-order valence-corrected chi connectivity index (χ4v) is 3.21. The molecule has 2 aromatic carbocycles. The van der Waals surface area contributed by atoms with E-state index in [1.807, 2.05) is 0 Å². The molecule has 1 heterocycles. The molecule has 0 aliphatic heterocycles. The molecule has 0 bridgehead atoms. The topological polar surface area (TPSA) is 113 Å². The van der Waals surface area contributed by atoms with Crippen molar-refractivity contribution in [2.24, 2.45) is 0 Å². The number of hydrogen-bond donors (Lipinski definition) is 1. The van der Waals surface area contributed by atoms with Crippen LogP contribution in [0.1, 0.15) is 24.2 Å². The second-order valence-corrected chi connectivity index (χ2v) is 7.73. The van der Waals surface area contributed by atoms with Gasteiger partial charge in [-0.2, -0.15) is 0 Å². The van der Waals surface area contributed by atoms with Crippen LogP contribution in [-0.4, -0.2) is 48.2 Å². The van der Waals surface area contributed by atoms with E-state index in [2.05, 4.69) is 15.5 Å². The van der Waals surface area contributed by atoms with Crippen LogP contribution < -0.4 is 14.8 Å². The van der Waals surface area contributed by atoms with Crippen LogP contribution in [0.25, 0.3) is 11.5 Å². The van der Waals surface area contributed by atoms with Gasteiger partial charge in [0.05, 0.1) is 37.2 Å². The van der Waals surface area contributed by atoms with Crippen LogP contribution in [0.5, 0.6) is 11.5 Å². The number of carbonyl (C=O) groups is 2. The summed E-state index contributed by atoms with van der Waals surface area (Å²) in [7, 11) is 3.10. The molecule has 3 rings (SSSR count). The van der Waals surface area contributed by atoms with Gasteiger partial charge >= 0.3 is 5.97 Å². The molecule has 9 nitrogen and oxygen atoms in total. The van der Waals surface area contributed by atoms with Crippen LogP contribution in [0.2, 0.25) is 0 Å². The van der Waals surface area contributed by atoms with Gasteiger partial charge in [0.25, 0.3) is 11.1 Å². The molecule has 3 aromatic rings. The van der Waals surface area contributed by atoms with E-state index in [1.165, 1.54) is 7.11 Å². The lowest BCUT2D eigenvalue weighted by Gasteiger charge is -2.09. The number of esters is 1. The van der Waals surface area contributed by atoms with Gasteiger partial charge in [0.2, 0.25) is 5.91 Å². The fourth-order valence-electron chi connectivity index (χ4n) is 2.65. The van der Waals surface area contributed by atoms with Crippen molar-refractivity contribution in [3.63, 3.8) is 0 Å². The zero-order chi connectivity index (χ0) is 23.1. The number of amides is 1. The molecule has 10 heteroatoms. The Labute approximate surface area is 189 Å². The summed E-state index contributed by atoms with van der Waals surface area (Å²) in [6, 6.07) is 11.7. The summed E-state index contributed by atoms with van der Waals surface area (Å²) in [4.78, 5) is 24.1. The molecule has 0 saturated carbocycles. The molecule has 0 fully saturated rings. The van der Waals surface area contributed by atoms with Crippen molar-refractivity contribution < 1.29 is 28.2 Å². The highest BCUT2D eigenvalue weighted by Gasteiger charge is 2.16. The highest BCUT2D eigenvalue weighted by atomic mass is 32.2. The van der Waals surface area contributed by atoms with Gasteiger partial charge in [0, 0.05) is 11.8 Å². The first-order valence-corrected chi connectivity index (χ1v) is 10.7. The van der Waals surface area contributed by atoms with Crippen LogP contribution in [0, 0.1) is 0 Å². The van der Waals surface area contributed by atoms with Gasteiger partial charge in [-0.25, -0.2) is 4.79 Å². The summed E-state index contributed by atoms with van der Waals surface area (Å²) in [6.07, 6.45) is -0.199. The third-order valence-corrected chi connectivity index (χ3v) is 4.94. The molecule has 0 saturated heterocycles. The number of rotatable bonds is 9. The maximum absolute atomic E-state index is 12.3. The number of hydrogen-bond acceptors (Lipinski definition) is 9. The Kier molecular flexibility index (Phi) is 7.72. The summed E-state index contributed by atoms with van der Waals surface area (Å²) >= 11 is 1.11. The Bertz CT molecular complexity index is 1080. The van der Waals surface area contributed by atoms with E-state index in [0.29, 0.717) is 28.3 Å². The monoisotopic (exact) mass is 457 g/mol. The highest BCUT2D eigenvalue weighted by Crippen LogP contribution is 2.33. The Morgan fingerprint density at radius 1 is 1.06 bits per heavy atom. The second kappa shape index (κ2) is 10.7. The number of anilines is 1. The lowest BCUT2D eigenvalue weighted by atomic mass is 10.2. The van der Waals surface area contributed by atoms with Crippen LogP contribution in [0.15, 0.2) is 52.1 Å². The van der Waals surface area contributed by atoms with Gasteiger partial charge in [-0.3, -0.25) is 4.79 Å². The number of methoxy groups -OCH3 is 2. The second-order valence-electron chi connectivity index (χ2n) is 6.81. The molecule has 0 radical (unpaired) electrons. The molecular weight excluding hydrogens is 434 g/mol. The highest BCUT2D eigenvalue weighted by molar-refractivity contribution is 7.99. The lowest BCUT2D eigenvalue weighted by molar-refractivity contribution is -0.113. The third-order valence-electron chi connectivity index (χ3n) is 4.12. The Hall–Kier alpha value is -3.53. The average molecular weight is 458 g/mol. The first-order chi connectivity index (χ1) is 15.4. The molecule has 32 heavy (non-hydrogen) atoms. The summed E-state index contributed by atoms with van der Waals surface area (Å²) in [5.41, 5.74) is 1.59.